The second kappa shape index (κ2) is 4.43. The van der Waals surface area contributed by atoms with Crippen LogP contribution in [0.2, 0.25) is 0 Å². The molecular formula is C12H13IO. The number of benzene rings is 1. The molecule has 0 aromatic heterocycles. The molecule has 1 aromatic rings. The van der Waals surface area contributed by atoms with E-state index in [1.807, 2.05) is 12.1 Å². The molecule has 2 rings (SSSR count). The zero-order chi connectivity index (χ0) is 9.97. The second-order valence-electron chi connectivity index (χ2n) is 3.79. The van der Waals surface area contributed by atoms with E-state index in [0.717, 1.165) is 19.3 Å². The van der Waals surface area contributed by atoms with Crippen LogP contribution in [0.15, 0.2) is 24.3 Å². The number of carbonyl (C=O) groups is 1. The van der Waals surface area contributed by atoms with Gasteiger partial charge < -0.3 is 0 Å². The van der Waals surface area contributed by atoms with Crippen molar-refractivity contribution in [3.63, 3.8) is 0 Å². The van der Waals surface area contributed by atoms with E-state index in [2.05, 4.69) is 34.7 Å². The van der Waals surface area contributed by atoms with Gasteiger partial charge in [0, 0.05) is 15.9 Å². The van der Waals surface area contributed by atoms with E-state index in [0.29, 0.717) is 5.78 Å². The van der Waals surface area contributed by atoms with Crippen LogP contribution in [0.4, 0.5) is 0 Å². The van der Waals surface area contributed by atoms with Crippen molar-refractivity contribution in [3.8, 4) is 0 Å². The van der Waals surface area contributed by atoms with E-state index < -0.39 is 0 Å². The lowest BCUT2D eigenvalue weighted by Crippen LogP contribution is -2.17. The fourth-order valence-corrected chi connectivity index (χ4v) is 2.83. The smallest absolute Gasteiger partial charge is 0.140 e. The van der Waals surface area contributed by atoms with Gasteiger partial charge in [0.25, 0.3) is 0 Å². The molecule has 0 spiro atoms. The molecule has 1 nitrogen and oxygen atoms in total. The number of hydrogen-bond donors (Lipinski definition) is 0. The van der Waals surface area contributed by atoms with Crippen LogP contribution in [0.5, 0.6) is 0 Å². The first-order valence-electron chi connectivity index (χ1n) is 5.06. The van der Waals surface area contributed by atoms with Crippen molar-refractivity contribution in [1.82, 2.24) is 0 Å². The number of carbonyl (C=O) groups excluding carboxylic acids is 1. The molecule has 0 N–H and O–H groups in total. The first-order valence-corrected chi connectivity index (χ1v) is 6.14. The molecule has 0 aliphatic heterocycles. The third-order valence-electron chi connectivity index (χ3n) is 2.84. The Morgan fingerprint density at radius 3 is 2.71 bits per heavy atom. The van der Waals surface area contributed by atoms with Crippen LogP contribution in [0, 0.1) is 3.57 Å². The standard InChI is InChI=1S/C12H13IO/c13-11-7-3-1-5-9(11)10-6-2-4-8-12(10)14/h1,3,5,7,10H,2,4,6,8H2/t10-/m1/s1. The van der Waals surface area contributed by atoms with Crippen LogP contribution in [-0.2, 0) is 4.79 Å². The van der Waals surface area contributed by atoms with Gasteiger partial charge in [0.15, 0.2) is 0 Å². The van der Waals surface area contributed by atoms with Gasteiger partial charge in [0.05, 0.1) is 0 Å². The summed E-state index contributed by atoms with van der Waals surface area (Å²) in [6.45, 7) is 0. The lowest BCUT2D eigenvalue weighted by molar-refractivity contribution is -0.121. The van der Waals surface area contributed by atoms with E-state index in [9.17, 15) is 4.79 Å². The summed E-state index contributed by atoms with van der Waals surface area (Å²) in [5.74, 6) is 0.609. The van der Waals surface area contributed by atoms with Gasteiger partial charge in [-0.05, 0) is 47.1 Å². The maximum absolute atomic E-state index is 11.7. The molecule has 0 radical (unpaired) electrons. The minimum atomic E-state index is 0.178. The van der Waals surface area contributed by atoms with E-state index >= 15 is 0 Å². The molecule has 0 unspecified atom stereocenters. The predicted molar refractivity (Wildman–Crippen MR) is 65.4 cm³/mol. The Kier molecular flexibility index (Phi) is 3.21. The van der Waals surface area contributed by atoms with Gasteiger partial charge in [-0.25, -0.2) is 0 Å². The van der Waals surface area contributed by atoms with Crippen molar-refractivity contribution in [2.75, 3.05) is 0 Å². The predicted octanol–water partition coefficient (Wildman–Crippen LogP) is 3.52. The number of ketones is 1. The normalized spacial score (nSPS) is 22.4. The molecule has 1 aliphatic carbocycles. The van der Waals surface area contributed by atoms with Gasteiger partial charge in [-0.1, -0.05) is 24.6 Å². The molecule has 1 fully saturated rings. The highest BCUT2D eigenvalue weighted by atomic mass is 127. The van der Waals surface area contributed by atoms with Gasteiger partial charge >= 0.3 is 0 Å². The summed E-state index contributed by atoms with van der Waals surface area (Å²) < 4.78 is 1.23. The lowest BCUT2D eigenvalue weighted by atomic mass is 9.83. The maximum Gasteiger partial charge on any atom is 0.140 e. The number of rotatable bonds is 1. The molecule has 1 atom stereocenters. The Morgan fingerprint density at radius 1 is 1.21 bits per heavy atom. The van der Waals surface area contributed by atoms with Crippen molar-refractivity contribution in [2.45, 2.75) is 31.6 Å². The Morgan fingerprint density at radius 2 is 2.00 bits per heavy atom. The van der Waals surface area contributed by atoms with Gasteiger partial charge in [-0.15, -0.1) is 0 Å². The summed E-state index contributed by atoms with van der Waals surface area (Å²) in [5, 5.41) is 0. The van der Waals surface area contributed by atoms with Crippen molar-refractivity contribution in [1.29, 1.82) is 0 Å². The number of halogens is 1. The molecule has 2 heteroatoms. The van der Waals surface area contributed by atoms with Crippen LogP contribution in [0.1, 0.15) is 37.2 Å². The summed E-state index contributed by atoms with van der Waals surface area (Å²) in [4.78, 5) is 11.7. The first-order chi connectivity index (χ1) is 6.79. The quantitative estimate of drug-likeness (QED) is 0.725. The third-order valence-corrected chi connectivity index (χ3v) is 3.82. The highest BCUT2D eigenvalue weighted by molar-refractivity contribution is 14.1. The zero-order valence-corrected chi connectivity index (χ0v) is 10.2. The minimum absolute atomic E-state index is 0.178. The summed E-state index contributed by atoms with van der Waals surface area (Å²) in [5.41, 5.74) is 1.23. The van der Waals surface area contributed by atoms with Gasteiger partial charge in [0.2, 0.25) is 0 Å². The monoisotopic (exact) mass is 300 g/mol. The number of Topliss-reactive ketones (excluding diaryl/α,β-unsaturated/α-hetero) is 1. The first kappa shape index (κ1) is 10.1. The Hall–Kier alpha value is -0.380. The van der Waals surface area contributed by atoms with E-state index in [4.69, 9.17) is 0 Å². The fraction of sp³-hybridized carbons (Fsp3) is 0.417. The van der Waals surface area contributed by atoms with Crippen LogP contribution >= 0.6 is 22.6 Å². The molecule has 74 valence electrons. The molecule has 0 amide bonds. The third kappa shape index (κ3) is 2.00. The maximum atomic E-state index is 11.7. The van der Waals surface area contributed by atoms with Crippen LogP contribution in [0.3, 0.4) is 0 Å². The number of hydrogen-bond acceptors (Lipinski definition) is 1. The topological polar surface area (TPSA) is 17.1 Å². The van der Waals surface area contributed by atoms with E-state index in [-0.39, 0.29) is 5.92 Å². The van der Waals surface area contributed by atoms with Gasteiger partial charge in [-0.3, -0.25) is 4.79 Å². The summed E-state index contributed by atoms with van der Waals surface area (Å²) in [6.07, 6.45) is 4.09. The Labute approximate surface area is 98.0 Å². The summed E-state index contributed by atoms with van der Waals surface area (Å²) in [7, 11) is 0. The Bertz CT molecular complexity index is 346. The van der Waals surface area contributed by atoms with Crippen molar-refractivity contribution >= 4 is 28.4 Å². The molecule has 0 saturated heterocycles. The molecular weight excluding hydrogens is 287 g/mol. The summed E-state index contributed by atoms with van der Waals surface area (Å²) in [6, 6.07) is 8.23. The van der Waals surface area contributed by atoms with Crippen LogP contribution in [-0.4, -0.2) is 5.78 Å². The molecule has 1 aromatic carbocycles. The van der Waals surface area contributed by atoms with Gasteiger partial charge in [0.1, 0.15) is 5.78 Å². The molecule has 0 bridgehead atoms. The summed E-state index contributed by atoms with van der Waals surface area (Å²) >= 11 is 2.32. The minimum Gasteiger partial charge on any atom is -0.299 e. The molecule has 0 heterocycles. The van der Waals surface area contributed by atoms with E-state index in [1.54, 1.807) is 0 Å². The highest BCUT2D eigenvalue weighted by Gasteiger charge is 2.24. The van der Waals surface area contributed by atoms with Crippen molar-refractivity contribution in [2.24, 2.45) is 0 Å². The van der Waals surface area contributed by atoms with E-state index in [1.165, 1.54) is 15.6 Å². The van der Waals surface area contributed by atoms with Gasteiger partial charge in [-0.2, -0.15) is 0 Å². The molecule has 1 saturated carbocycles. The highest BCUT2D eigenvalue weighted by Crippen LogP contribution is 2.32. The Balaban J connectivity index is 2.29. The largest absolute Gasteiger partial charge is 0.299 e. The van der Waals surface area contributed by atoms with Crippen molar-refractivity contribution in [3.05, 3.63) is 33.4 Å². The second-order valence-corrected chi connectivity index (χ2v) is 4.95. The van der Waals surface area contributed by atoms with Crippen LogP contribution < -0.4 is 0 Å². The lowest BCUT2D eigenvalue weighted by Gasteiger charge is -2.21. The average molecular weight is 300 g/mol. The molecule has 1 aliphatic rings. The zero-order valence-electron chi connectivity index (χ0n) is 8.00. The fourth-order valence-electron chi connectivity index (χ4n) is 2.07. The van der Waals surface area contributed by atoms with Crippen LogP contribution in [0.25, 0.3) is 0 Å². The average Bonchev–Trinajstić information content (AvgIpc) is 2.20. The SMILES string of the molecule is O=C1CCCC[C@@H]1c1ccccc1I. The van der Waals surface area contributed by atoms with Crippen molar-refractivity contribution < 1.29 is 4.79 Å². The molecule has 14 heavy (non-hydrogen) atoms.